The van der Waals surface area contributed by atoms with Crippen LogP contribution in [-0.2, 0) is 0 Å². The Morgan fingerprint density at radius 1 is 0.963 bits per heavy atom. The van der Waals surface area contributed by atoms with E-state index in [1.54, 1.807) is 12.1 Å². The van der Waals surface area contributed by atoms with Gasteiger partial charge in [0.15, 0.2) is 0 Å². The molecule has 136 valence electrons. The van der Waals surface area contributed by atoms with E-state index >= 15 is 0 Å². The first kappa shape index (κ1) is 17.2. The number of pyridine rings is 1. The van der Waals surface area contributed by atoms with Crippen LogP contribution < -0.4 is 5.32 Å². The molecular weight excluding hydrogens is 334 g/mol. The second-order valence-electron chi connectivity index (χ2n) is 7.19. The third-order valence-electron chi connectivity index (χ3n) is 4.76. The van der Waals surface area contributed by atoms with Crippen molar-refractivity contribution in [1.82, 2.24) is 9.38 Å². The number of nitrogens with one attached hydrogen (secondary N) is 1. The monoisotopic (exact) mass is 357 g/mol. The lowest BCUT2D eigenvalue weighted by Crippen LogP contribution is -1.97. The Kier molecular flexibility index (Phi) is 4.32. The number of phenolic OH excluding ortho intramolecular Hbond substituents is 1. The molecule has 0 aliphatic carbocycles. The molecule has 4 nitrogen and oxygen atoms in total. The number of benzene rings is 2. The topological polar surface area (TPSA) is 49.6 Å². The van der Waals surface area contributed by atoms with Crippen LogP contribution in [0.1, 0.15) is 30.9 Å². The van der Waals surface area contributed by atoms with E-state index in [0.29, 0.717) is 5.92 Å². The number of hydrogen-bond acceptors (Lipinski definition) is 3. The molecule has 0 aliphatic heterocycles. The quantitative estimate of drug-likeness (QED) is 0.479. The molecule has 0 spiro atoms. The van der Waals surface area contributed by atoms with Crippen LogP contribution in [0, 0.1) is 6.92 Å². The van der Waals surface area contributed by atoms with Gasteiger partial charge in [0, 0.05) is 17.4 Å². The van der Waals surface area contributed by atoms with Gasteiger partial charge in [-0.1, -0.05) is 26.0 Å². The van der Waals surface area contributed by atoms with E-state index in [0.717, 1.165) is 34.0 Å². The molecule has 2 aromatic heterocycles. The predicted molar refractivity (Wildman–Crippen MR) is 111 cm³/mol. The lowest BCUT2D eigenvalue weighted by atomic mass is 10.0. The summed E-state index contributed by atoms with van der Waals surface area (Å²) >= 11 is 0. The maximum Gasteiger partial charge on any atom is 0.143 e. The summed E-state index contributed by atoms with van der Waals surface area (Å²) < 4.78 is 2.06. The Morgan fingerprint density at radius 3 is 2.33 bits per heavy atom. The average Bonchev–Trinajstić information content (AvgIpc) is 3.00. The highest BCUT2D eigenvalue weighted by atomic mass is 16.3. The van der Waals surface area contributed by atoms with Gasteiger partial charge in [0.1, 0.15) is 22.9 Å². The van der Waals surface area contributed by atoms with Crippen LogP contribution >= 0.6 is 0 Å². The van der Waals surface area contributed by atoms with Gasteiger partial charge in [0.05, 0.1) is 0 Å². The van der Waals surface area contributed by atoms with E-state index in [4.69, 9.17) is 4.98 Å². The molecule has 0 amide bonds. The standard InChI is InChI=1S/C23H23N3O/c1-15(2)17-4-8-19(9-5-17)24-23-22(18-6-10-20(27)11-7-18)25-21-14-16(3)12-13-26(21)23/h4-15,24,27H,1-3H3. The number of aryl methyl sites for hydroxylation is 1. The minimum Gasteiger partial charge on any atom is -0.508 e. The van der Waals surface area contributed by atoms with E-state index in [1.165, 1.54) is 5.56 Å². The van der Waals surface area contributed by atoms with Gasteiger partial charge in [-0.25, -0.2) is 4.98 Å². The third-order valence-corrected chi connectivity index (χ3v) is 4.76. The van der Waals surface area contributed by atoms with E-state index in [2.05, 4.69) is 66.9 Å². The van der Waals surface area contributed by atoms with Gasteiger partial charge in [-0.2, -0.15) is 0 Å². The molecule has 4 aromatic rings. The highest BCUT2D eigenvalue weighted by Crippen LogP contribution is 2.32. The Hall–Kier alpha value is -3.27. The fraction of sp³-hybridized carbons (Fsp3) is 0.174. The first-order valence-electron chi connectivity index (χ1n) is 9.16. The summed E-state index contributed by atoms with van der Waals surface area (Å²) in [4.78, 5) is 4.83. The molecule has 2 aromatic carbocycles. The summed E-state index contributed by atoms with van der Waals surface area (Å²) in [6, 6.07) is 19.8. The summed E-state index contributed by atoms with van der Waals surface area (Å²) in [5.41, 5.74) is 6.19. The fourth-order valence-corrected chi connectivity index (χ4v) is 3.17. The Morgan fingerprint density at radius 2 is 1.67 bits per heavy atom. The van der Waals surface area contributed by atoms with Crippen molar-refractivity contribution in [2.24, 2.45) is 0 Å². The smallest absolute Gasteiger partial charge is 0.143 e. The maximum atomic E-state index is 9.61. The fourth-order valence-electron chi connectivity index (χ4n) is 3.17. The number of nitrogens with zero attached hydrogens (tertiary/aromatic N) is 2. The Balaban J connectivity index is 1.81. The summed E-state index contributed by atoms with van der Waals surface area (Å²) in [6.45, 7) is 6.45. The van der Waals surface area contributed by atoms with Crippen molar-refractivity contribution >= 4 is 17.2 Å². The van der Waals surface area contributed by atoms with Crippen molar-refractivity contribution in [3.63, 3.8) is 0 Å². The molecule has 2 heterocycles. The maximum absolute atomic E-state index is 9.61. The van der Waals surface area contributed by atoms with E-state index < -0.39 is 0 Å². The molecule has 0 saturated heterocycles. The highest BCUT2D eigenvalue weighted by molar-refractivity contribution is 5.80. The van der Waals surface area contributed by atoms with Crippen LogP contribution in [0.5, 0.6) is 5.75 Å². The van der Waals surface area contributed by atoms with Crippen molar-refractivity contribution in [1.29, 1.82) is 0 Å². The summed E-state index contributed by atoms with van der Waals surface area (Å²) in [5.74, 6) is 1.66. The van der Waals surface area contributed by atoms with Gasteiger partial charge in [0.25, 0.3) is 0 Å². The molecule has 4 heteroatoms. The number of anilines is 2. The predicted octanol–water partition coefficient (Wildman–Crippen LogP) is 5.88. The number of aromatic hydroxyl groups is 1. The Labute approximate surface area is 159 Å². The minimum atomic E-state index is 0.247. The minimum absolute atomic E-state index is 0.247. The molecule has 0 bridgehead atoms. The number of fused-ring (bicyclic) bond motifs is 1. The van der Waals surface area contributed by atoms with E-state index in [1.807, 2.05) is 18.3 Å². The molecule has 0 radical (unpaired) electrons. The number of imidazole rings is 1. The van der Waals surface area contributed by atoms with Crippen molar-refractivity contribution < 1.29 is 5.11 Å². The zero-order valence-electron chi connectivity index (χ0n) is 15.8. The van der Waals surface area contributed by atoms with Crippen LogP contribution in [0.4, 0.5) is 11.5 Å². The second-order valence-corrected chi connectivity index (χ2v) is 7.19. The first-order valence-corrected chi connectivity index (χ1v) is 9.16. The normalized spacial score (nSPS) is 11.3. The number of aromatic nitrogens is 2. The first-order chi connectivity index (χ1) is 13.0. The summed E-state index contributed by atoms with van der Waals surface area (Å²) in [7, 11) is 0. The van der Waals surface area contributed by atoms with Gasteiger partial charge in [-0.05, 0) is 72.5 Å². The van der Waals surface area contributed by atoms with Gasteiger partial charge in [-0.3, -0.25) is 4.40 Å². The third kappa shape index (κ3) is 3.38. The molecule has 0 fully saturated rings. The largest absolute Gasteiger partial charge is 0.508 e. The molecule has 27 heavy (non-hydrogen) atoms. The van der Waals surface area contributed by atoms with Gasteiger partial charge < -0.3 is 10.4 Å². The number of phenols is 1. The van der Waals surface area contributed by atoms with Crippen LogP contribution in [0.25, 0.3) is 16.9 Å². The van der Waals surface area contributed by atoms with Crippen LogP contribution in [-0.4, -0.2) is 14.5 Å². The molecule has 0 saturated carbocycles. The van der Waals surface area contributed by atoms with Crippen LogP contribution in [0.15, 0.2) is 66.9 Å². The van der Waals surface area contributed by atoms with Gasteiger partial charge >= 0.3 is 0 Å². The van der Waals surface area contributed by atoms with Gasteiger partial charge in [-0.15, -0.1) is 0 Å². The SMILES string of the molecule is Cc1ccn2c(Nc3ccc(C(C)C)cc3)c(-c3ccc(O)cc3)nc2c1. The molecule has 0 aliphatic rings. The van der Waals surface area contributed by atoms with Crippen LogP contribution in [0.3, 0.4) is 0 Å². The van der Waals surface area contributed by atoms with Crippen molar-refractivity contribution in [3.05, 3.63) is 78.0 Å². The zero-order valence-corrected chi connectivity index (χ0v) is 15.8. The van der Waals surface area contributed by atoms with E-state index in [-0.39, 0.29) is 5.75 Å². The van der Waals surface area contributed by atoms with E-state index in [9.17, 15) is 5.11 Å². The molecule has 2 N–H and O–H groups in total. The van der Waals surface area contributed by atoms with Crippen molar-refractivity contribution in [2.45, 2.75) is 26.7 Å². The van der Waals surface area contributed by atoms with Crippen molar-refractivity contribution in [2.75, 3.05) is 5.32 Å². The Bertz CT molecular complexity index is 1080. The van der Waals surface area contributed by atoms with Gasteiger partial charge in [0.2, 0.25) is 0 Å². The van der Waals surface area contributed by atoms with Crippen LogP contribution in [0.2, 0.25) is 0 Å². The van der Waals surface area contributed by atoms with Crippen molar-refractivity contribution in [3.8, 4) is 17.0 Å². The lowest BCUT2D eigenvalue weighted by molar-refractivity contribution is 0.475. The summed E-state index contributed by atoms with van der Waals surface area (Å²) in [6.07, 6.45) is 2.03. The lowest BCUT2D eigenvalue weighted by Gasteiger charge is -2.11. The molecular formula is C23H23N3O. The highest BCUT2D eigenvalue weighted by Gasteiger charge is 2.15. The number of hydrogen-bond donors (Lipinski definition) is 2. The molecule has 0 unspecified atom stereocenters. The average molecular weight is 357 g/mol. The molecule has 4 rings (SSSR count). The number of rotatable bonds is 4. The molecule has 0 atom stereocenters. The summed E-state index contributed by atoms with van der Waals surface area (Å²) in [5, 5.41) is 13.1. The second kappa shape index (κ2) is 6.80. The zero-order chi connectivity index (χ0) is 19.0.